The van der Waals surface area contributed by atoms with Crippen molar-refractivity contribution in [3.05, 3.63) is 71.7 Å². The van der Waals surface area contributed by atoms with Gasteiger partial charge >= 0.3 is 0 Å². The van der Waals surface area contributed by atoms with Crippen LogP contribution in [0.2, 0.25) is 0 Å². The summed E-state index contributed by atoms with van der Waals surface area (Å²) in [6, 6.07) is 13.9. The quantitative estimate of drug-likeness (QED) is 0.691. The number of rotatable bonds is 3. The van der Waals surface area contributed by atoms with Crippen LogP contribution in [-0.4, -0.2) is 31.9 Å². The number of fused-ring (bicyclic) bond motifs is 1. The Bertz CT molecular complexity index is 944. The zero-order valence-corrected chi connectivity index (χ0v) is 14.2. The predicted molar refractivity (Wildman–Crippen MR) is 96.9 cm³/mol. The molecule has 3 heterocycles. The molecule has 1 aromatic carbocycles. The summed E-state index contributed by atoms with van der Waals surface area (Å²) in [6.07, 6.45) is 7.40. The Hall–Kier alpha value is -2.95. The molecule has 0 bridgehead atoms. The maximum absolute atomic E-state index is 12.7. The maximum atomic E-state index is 12.7. The Labute approximate surface area is 146 Å². The molecule has 0 N–H and O–H groups in total. The van der Waals surface area contributed by atoms with Crippen molar-refractivity contribution in [2.24, 2.45) is 0 Å². The van der Waals surface area contributed by atoms with Crippen molar-refractivity contribution >= 4 is 17.6 Å². The summed E-state index contributed by atoms with van der Waals surface area (Å²) in [5.41, 5.74) is 3.03. The van der Waals surface area contributed by atoms with Gasteiger partial charge in [-0.1, -0.05) is 35.9 Å². The summed E-state index contributed by atoms with van der Waals surface area (Å²) < 4.78 is 1.97. The lowest BCUT2D eigenvalue weighted by Gasteiger charge is -2.22. The van der Waals surface area contributed by atoms with Crippen LogP contribution in [-0.2, 0) is 4.79 Å². The van der Waals surface area contributed by atoms with Crippen LogP contribution >= 0.6 is 0 Å². The van der Waals surface area contributed by atoms with Crippen molar-refractivity contribution in [3.63, 3.8) is 0 Å². The van der Waals surface area contributed by atoms with E-state index in [1.54, 1.807) is 6.08 Å². The summed E-state index contributed by atoms with van der Waals surface area (Å²) >= 11 is 0. The van der Waals surface area contributed by atoms with E-state index >= 15 is 0 Å². The first-order chi connectivity index (χ1) is 12.2. The highest BCUT2D eigenvalue weighted by molar-refractivity contribution is 5.92. The average Bonchev–Trinajstić information content (AvgIpc) is 3.26. The number of nitrogens with zero attached hydrogens (tertiary/aromatic N) is 4. The van der Waals surface area contributed by atoms with Crippen LogP contribution in [0.25, 0.3) is 11.7 Å². The molecule has 0 saturated carbocycles. The molecule has 1 saturated heterocycles. The van der Waals surface area contributed by atoms with Crippen molar-refractivity contribution in [1.29, 1.82) is 0 Å². The second-order valence-corrected chi connectivity index (χ2v) is 6.42. The Morgan fingerprint density at radius 3 is 3.00 bits per heavy atom. The smallest absolute Gasteiger partial charge is 0.247 e. The molecule has 1 unspecified atom stereocenters. The molecule has 3 aromatic rings. The Morgan fingerprint density at radius 2 is 2.12 bits per heavy atom. The molecule has 0 radical (unpaired) electrons. The van der Waals surface area contributed by atoms with Crippen LogP contribution in [0.15, 0.2) is 54.7 Å². The van der Waals surface area contributed by atoms with Crippen molar-refractivity contribution in [1.82, 2.24) is 19.5 Å². The van der Waals surface area contributed by atoms with E-state index in [0.29, 0.717) is 0 Å². The summed E-state index contributed by atoms with van der Waals surface area (Å²) in [7, 11) is 0. The van der Waals surface area contributed by atoms with Crippen LogP contribution in [0, 0.1) is 6.92 Å². The van der Waals surface area contributed by atoms with Gasteiger partial charge in [0.05, 0.1) is 6.04 Å². The monoisotopic (exact) mass is 332 g/mol. The highest BCUT2D eigenvalue weighted by atomic mass is 16.2. The van der Waals surface area contributed by atoms with Crippen molar-refractivity contribution in [2.45, 2.75) is 25.8 Å². The lowest BCUT2D eigenvalue weighted by molar-refractivity contribution is -0.127. The van der Waals surface area contributed by atoms with E-state index in [1.165, 1.54) is 5.56 Å². The Morgan fingerprint density at radius 1 is 1.20 bits per heavy atom. The van der Waals surface area contributed by atoms with Crippen molar-refractivity contribution in [2.75, 3.05) is 6.54 Å². The fourth-order valence-corrected chi connectivity index (χ4v) is 3.42. The molecular weight excluding hydrogens is 312 g/mol. The van der Waals surface area contributed by atoms with E-state index in [-0.39, 0.29) is 11.9 Å². The van der Waals surface area contributed by atoms with E-state index in [1.807, 2.05) is 64.9 Å². The lowest BCUT2D eigenvalue weighted by Crippen LogP contribution is -2.30. The number of carbonyl (C=O) groups excluding carboxylic acids is 1. The van der Waals surface area contributed by atoms with Gasteiger partial charge < -0.3 is 4.90 Å². The standard InChI is InChI=1S/C20H20N4O/c1-15-6-4-7-16(14-15)10-11-19(25)23-13-5-8-17(23)20-22-21-18-9-2-3-12-24(18)20/h2-4,6-7,9-12,14,17H,5,8,13H2,1H3/b11-10+. The van der Waals surface area contributed by atoms with Crippen LogP contribution in [0.3, 0.4) is 0 Å². The first-order valence-electron chi connectivity index (χ1n) is 8.57. The minimum atomic E-state index is -0.0212. The zero-order valence-electron chi connectivity index (χ0n) is 14.2. The van der Waals surface area contributed by atoms with Crippen molar-refractivity contribution in [3.8, 4) is 0 Å². The van der Waals surface area contributed by atoms with Crippen LogP contribution < -0.4 is 0 Å². The van der Waals surface area contributed by atoms with Gasteiger partial charge in [-0.3, -0.25) is 9.20 Å². The molecule has 0 aliphatic carbocycles. The molecular formula is C20H20N4O. The van der Waals surface area contributed by atoms with E-state index in [4.69, 9.17) is 0 Å². The minimum absolute atomic E-state index is 0.0212. The zero-order chi connectivity index (χ0) is 17.2. The molecule has 25 heavy (non-hydrogen) atoms. The number of pyridine rings is 1. The van der Waals surface area contributed by atoms with Gasteiger partial charge in [-0.2, -0.15) is 0 Å². The number of hydrogen-bond acceptors (Lipinski definition) is 3. The second kappa shape index (κ2) is 6.51. The van der Waals surface area contributed by atoms with Crippen molar-refractivity contribution < 1.29 is 4.79 Å². The Balaban J connectivity index is 1.58. The average molecular weight is 332 g/mol. The van der Waals surface area contributed by atoms with Gasteiger partial charge in [0.2, 0.25) is 5.91 Å². The third-order valence-electron chi connectivity index (χ3n) is 4.63. The second-order valence-electron chi connectivity index (χ2n) is 6.42. The molecule has 126 valence electrons. The summed E-state index contributed by atoms with van der Waals surface area (Å²) in [6.45, 7) is 2.80. The third-order valence-corrected chi connectivity index (χ3v) is 4.63. The number of benzene rings is 1. The van der Waals surface area contributed by atoms with E-state index in [0.717, 1.165) is 36.4 Å². The molecule has 1 amide bonds. The molecule has 4 rings (SSSR count). The van der Waals surface area contributed by atoms with Gasteiger partial charge in [-0.15, -0.1) is 10.2 Å². The predicted octanol–water partition coefficient (Wildman–Crippen LogP) is 3.41. The Kier molecular flexibility index (Phi) is 4.06. The highest BCUT2D eigenvalue weighted by Gasteiger charge is 2.32. The first kappa shape index (κ1) is 15.6. The highest BCUT2D eigenvalue weighted by Crippen LogP contribution is 2.31. The summed E-state index contributed by atoms with van der Waals surface area (Å²) in [4.78, 5) is 14.6. The van der Waals surface area contributed by atoms with Gasteiger partial charge in [-0.25, -0.2) is 0 Å². The van der Waals surface area contributed by atoms with Gasteiger partial charge in [0.1, 0.15) is 0 Å². The van der Waals surface area contributed by atoms with Gasteiger partial charge in [0, 0.05) is 18.8 Å². The molecule has 5 nitrogen and oxygen atoms in total. The number of likely N-dealkylation sites (tertiary alicyclic amines) is 1. The topological polar surface area (TPSA) is 50.5 Å². The molecule has 1 aliphatic heterocycles. The van der Waals surface area contributed by atoms with E-state index in [9.17, 15) is 4.79 Å². The van der Waals surface area contributed by atoms with Gasteiger partial charge in [0.15, 0.2) is 11.5 Å². The van der Waals surface area contributed by atoms with Gasteiger partial charge in [0.25, 0.3) is 0 Å². The molecule has 1 atom stereocenters. The molecule has 1 aliphatic rings. The lowest BCUT2D eigenvalue weighted by atomic mass is 10.1. The molecule has 0 spiro atoms. The normalized spacial score (nSPS) is 17.6. The molecule has 1 fully saturated rings. The van der Waals surface area contributed by atoms with Crippen LogP contribution in [0.5, 0.6) is 0 Å². The van der Waals surface area contributed by atoms with Crippen LogP contribution in [0.4, 0.5) is 0 Å². The summed E-state index contributed by atoms with van der Waals surface area (Å²) in [5, 5.41) is 8.55. The first-order valence-corrected chi connectivity index (χ1v) is 8.57. The minimum Gasteiger partial charge on any atom is -0.329 e. The summed E-state index contributed by atoms with van der Waals surface area (Å²) in [5.74, 6) is 0.863. The third kappa shape index (κ3) is 3.05. The number of carbonyl (C=O) groups is 1. The van der Waals surface area contributed by atoms with E-state index in [2.05, 4.69) is 16.3 Å². The number of aryl methyl sites for hydroxylation is 1. The fourth-order valence-electron chi connectivity index (χ4n) is 3.42. The number of aromatic nitrogens is 3. The largest absolute Gasteiger partial charge is 0.329 e. The number of hydrogen-bond donors (Lipinski definition) is 0. The van der Waals surface area contributed by atoms with Gasteiger partial charge in [-0.05, 0) is 43.5 Å². The maximum Gasteiger partial charge on any atom is 0.247 e. The van der Waals surface area contributed by atoms with Crippen LogP contribution in [0.1, 0.15) is 35.8 Å². The van der Waals surface area contributed by atoms with E-state index < -0.39 is 0 Å². The molecule has 5 heteroatoms. The fraction of sp³-hybridized carbons (Fsp3) is 0.250. The number of amides is 1. The SMILES string of the molecule is Cc1cccc(/C=C/C(=O)N2CCCC2c2nnc3ccccn23)c1. The molecule has 2 aromatic heterocycles.